The van der Waals surface area contributed by atoms with Crippen molar-refractivity contribution in [1.29, 1.82) is 0 Å². The summed E-state index contributed by atoms with van der Waals surface area (Å²) in [6, 6.07) is 13.8. The van der Waals surface area contributed by atoms with Crippen LogP contribution in [-0.2, 0) is 24.0 Å². The third-order valence-corrected chi connectivity index (χ3v) is 4.26. The van der Waals surface area contributed by atoms with E-state index >= 15 is 0 Å². The molecule has 1 heterocycles. The van der Waals surface area contributed by atoms with Crippen LogP contribution in [0, 0.1) is 0 Å². The number of rotatable bonds is 6. The normalized spacial score (nSPS) is 11.2. The minimum absolute atomic E-state index is 0.0481. The van der Waals surface area contributed by atoms with Crippen molar-refractivity contribution in [2.75, 3.05) is 5.32 Å². The Morgan fingerprint density at radius 1 is 1.07 bits per heavy atom. The van der Waals surface area contributed by atoms with Crippen LogP contribution in [0.2, 0.25) is 0 Å². The van der Waals surface area contributed by atoms with Gasteiger partial charge in [-0.25, -0.2) is 0 Å². The van der Waals surface area contributed by atoms with E-state index in [0.29, 0.717) is 10.1 Å². The van der Waals surface area contributed by atoms with Crippen LogP contribution in [0.25, 0.3) is 0 Å². The first-order chi connectivity index (χ1) is 12.9. The molecule has 0 unspecified atom stereocenters. The quantitative estimate of drug-likeness (QED) is 0.678. The second-order valence-electron chi connectivity index (χ2n) is 5.53. The first-order valence-electron chi connectivity index (χ1n) is 7.86. The zero-order valence-electron chi connectivity index (χ0n) is 13.9. The number of carbonyl (C=O) groups excluding carboxylic acids is 1. The summed E-state index contributed by atoms with van der Waals surface area (Å²) < 4.78 is 43.4. The zero-order valence-corrected chi connectivity index (χ0v) is 14.7. The van der Waals surface area contributed by atoms with Gasteiger partial charge in [-0.2, -0.15) is 13.2 Å². The van der Waals surface area contributed by atoms with E-state index in [-0.39, 0.29) is 24.7 Å². The van der Waals surface area contributed by atoms with Crippen LogP contribution < -0.4 is 10.1 Å². The zero-order chi connectivity index (χ0) is 19.3. The van der Waals surface area contributed by atoms with Gasteiger partial charge < -0.3 is 10.1 Å². The van der Waals surface area contributed by atoms with Crippen LogP contribution in [0.15, 0.2) is 54.6 Å². The van der Waals surface area contributed by atoms with Crippen molar-refractivity contribution in [3.05, 3.63) is 70.7 Å². The average molecular weight is 393 g/mol. The Bertz CT molecular complexity index is 913. The number of amides is 1. The molecule has 27 heavy (non-hydrogen) atoms. The summed E-state index contributed by atoms with van der Waals surface area (Å²) >= 11 is 1.10. The Balaban J connectivity index is 1.54. The summed E-state index contributed by atoms with van der Waals surface area (Å²) in [6.07, 6.45) is -4.23. The van der Waals surface area contributed by atoms with E-state index in [2.05, 4.69) is 15.5 Å². The molecule has 0 aliphatic heterocycles. The van der Waals surface area contributed by atoms with Gasteiger partial charge in [-0.1, -0.05) is 47.7 Å². The average Bonchev–Trinajstić information content (AvgIpc) is 3.07. The summed E-state index contributed by atoms with van der Waals surface area (Å²) in [7, 11) is 0. The van der Waals surface area contributed by atoms with E-state index in [1.54, 1.807) is 0 Å². The number of halogens is 3. The topological polar surface area (TPSA) is 64.1 Å². The third kappa shape index (κ3) is 5.52. The molecule has 0 bridgehead atoms. The molecule has 0 spiro atoms. The van der Waals surface area contributed by atoms with E-state index in [4.69, 9.17) is 4.74 Å². The fourth-order valence-electron chi connectivity index (χ4n) is 2.21. The largest absolute Gasteiger partial charge is 0.486 e. The Morgan fingerprint density at radius 2 is 1.85 bits per heavy atom. The summed E-state index contributed by atoms with van der Waals surface area (Å²) in [5.41, 5.74) is 0.0822. The highest BCUT2D eigenvalue weighted by Gasteiger charge is 2.30. The van der Waals surface area contributed by atoms with Crippen molar-refractivity contribution in [3.63, 3.8) is 0 Å². The van der Waals surface area contributed by atoms with Crippen LogP contribution >= 0.6 is 11.3 Å². The highest BCUT2D eigenvalue weighted by Crippen LogP contribution is 2.31. The smallest absolute Gasteiger partial charge is 0.416 e. The number of aromatic nitrogens is 2. The lowest BCUT2D eigenvalue weighted by molar-refractivity contribution is -0.137. The Morgan fingerprint density at radius 3 is 2.59 bits per heavy atom. The van der Waals surface area contributed by atoms with Gasteiger partial charge in [0.25, 0.3) is 0 Å². The molecule has 0 atom stereocenters. The first-order valence-corrected chi connectivity index (χ1v) is 8.68. The van der Waals surface area contributed by atoms with E-state index in [9.17, 15) is 18.0 Å². The molecule has 140 valence electrons. The van der Waals surface area contributed by atoms with E-state index in [1.807, 2.05) is 30.3 Å². The van der Waals surface area contributed by atoms with Gasteiger partial charge in [0.05, 0.1) is 12.0 Å². The molecule has 0 fully saturated rings. The summed E-state index contributed by atoms with van der Waals surface area (Å²) in [4.78, 5) is 12.0. The molecule has 1 aromatic heterocycles. The number of nitrogens with one attached hydrogen (secondary N) is 1. The van der Waals surface area contributed by atoms with E-state index in [0.717, 1.165) is 29.0 Å². The predicted octanol–water partition coefficient (Wildman–Crippen LogP) is 4.32. The fraction of sp³-hybridized carbons (Fsp3) is 0.167. The monoisotopic (exact) mass is 393 g/mol. The number of hydrogen-bond acceptors (Lipinski definition) is 5. The number of nitrogens with zero attached hydrogens (tertiary/aromatic N) is 2. The molecule has 0 saturated carbocycles. The lowest BCUT2D eigenvalue weighted by atomic mass is 10.1. The maximum Gasteiger partial charge on any atom is 0.416 e. The van der Waals surface area contributed by atoms with E-state index < -0.39 is 11.7 Å². The molecular formula is C18H14F3N3O2S. The lowest BCUT2D eigenvalue weighted by Crippen LogP contribution is -2.14. The molecule has 1 amide bonds. The second-order valence-corrected chi connectivity index (χ2v) is 6.59. The highest BCUT2D eigenvalue weighted by molar-refractivity contribution is 7.15. The molecule has 3 rings (SSSR count). The Kier molecular flexibility index (Phi) is 5.70. The van der Waals surface area contributed by atoms with Gasteiger partial charge >= 0.3 is 6.18 Å². The van der Waals surface area contributed by atoms with Crippen molar-refractivity contribution in [3.8, 4) is 5.75 Å². The molecular weight excluding hydrogens is 379 g/mol. The fourth-order valence-corrected chi connectivity index (χ4v) is 2.88. The maximum atomic E-state index is 12.7. The lowest BCUT2D eigenvalue weighted by Gasteiger charge is -2.09. The predicted molar refractivity (Wildman–Crippen MR) is 94.5 cm³/mol. The van der Waals surface area contributed by atoms with Gasteiger partial charge in [0.2, 0.25) is 11.0 Å². The van der Waals surface area contributed by atoms with Gasteiger partial charge in [-0.15, -0.1) is 10.2 Å². The molecule has 0 aliphatic carbocycles. The number of benzene rings is 2. The van der Waals surface area contributed by atoms with Crippen molar-refractivity contribution in [2.45, 2.75) is 19.2 Å². The van der Waals surface area contributed by atoms with Gasteiger partial charge in [-0.3, -0.25) is 4.79 Å². The minimum atomic E-state index is -4.43. The standard InChI is InChI=1S/C18H14F3N3O2S/c19-18(20,21)13-7-4-8-14(10-13)26-11-16-23-24-17(27-16)22-15(25)9-12-5-2-1-3-6-12/h1-8,10H,9,11H2,(H,22,24,25). The molecule has 0 radical (unpaired) electrons. The van der Waals surface area contributed by atoms with Gasteiger partial charge in [0, 0.05) is 0 Å². The Hall–Kier alpha value is -2.94. The number of anilines is 1. The molecule has 5 nitrogen and oxygen atoms in total. The van der Waals surface area contributed by atoms with Crippen LogP contribution in [0.3, 0.4) is 0 Å². The molecule has 3 aromatic rings. The van der Waals surface area contributed by atoms with E-state index in [1.165, 1.54) is 12.1 Å². The van der Waals surface area contributed by atoms with Crippen LogP contribution in [0.1, 0.15) is 16.1 Å². The molecule has 0 saturated heterocycles. The molecule has 9 heteroatoms. The van der Waals surface area contributed by atoms with Crippen LogP contribution in [0.5, 0.6) is 5.75 Å². The summed E-state index contributed by atoms with van der Waals surface area (Å²) in [5.74, 6) is -0.155. The minimum Gasteiger partial charge on any atom is -0.486 e. The Labute approximate surface area is 156 Å². The van der Waals surface area contributed by atoms with Gasteiger partial charge in [-0.05, 0) is 23.8 Å². The molecule has 0 aliphatic rings. The number of hydrogen-bond donors (Lipinski definition) is 1. The number of carbonyl (C=O) groups is 1. The SMILES string of the molecule is O=C(Cc1ccccc1)Nc1nnc(COc2cccc(C(F)(F)F)c2)s1. The highest BCUT2D eigenvalue weighted by atomic mass is 32.1. The number of alkyl halides is 3. The second kappa shape index (κ2) is 8.17. The van der Waals surface area contributed by atoms with Crippen LogP contribution in [0.4, 0.5) is 18.3 Å². The molecule has 1 N–H and O–H groups in total. The van der Waals surface area contributed by atoms with Crippen molar-refractivity contribution < 1.29 is 22.7 Å². The van der Waals surface area contributed by atoms with Crippen LogP contribution in [-0.4, -0.2) is 16.1 Å². The van der Waals surface area contributed by atoms with Crippen molar-refractivity contribution >= 4 is 22.4 Å². The number of ether oxygens (including phenoxy) is 1. The summed E-state index contributed by atoms with van der Waals surface area (Å²) in [6.45, 7) is -0.0481. The van der Waals surface area contributed by atoms with Gasteiger partial charge in [0.1, 0.15) is 12.4 Å². The molecule has 2 aromatic carbocycles. The van der Waals surface area contributed by atoms with Gasteiger partial charge in [0.15, 0.2) is 5.01 Å². The van der Waals surface area contributed by atoms with Crippen molar-refractivity contribution in [2.24, 2.45) is 0 Å². The van der Waals surface area contributed by atoms with Crippen molar-refractivity contribution in [1.82, 2.24) is 10.2 Å². The first kappa shape index (κ1) is 18.8. The maximum absolute atomic E-state index is 12.7. The summed E-state index contributed by atoms with van der Waals surface area (Å²) in [5, 5.41) is 11.1. The third-order valence-electron chi connectivity index (χ3n) is 3.44.